The van der Waals surface area contributed by atoms with E-state index in [0.717, 1.165) is 25.4 Å². The largest absolute Gasteiger partial charge is 0.487 e. The third-order valence-electron chi connectivity index (χ3n) is 3.23. The van der Waals surface area contributed by atoms with Crippen molar-refractivity contribution in [2.75, 3.05) is 0 Å². The Bertz CT molecular complexity index is 843. The number of rotatable bonds is 4. The lowest BCUT2D eigenvalue weighted by atomic mass is 10.2. The minimum absolute atomic E-state index is 0.141. The quantitative estimate of drug-likeness (QED) is 0.621. The highest BCUT2D eigenvalue weighted by Crippen LogP contribution is 2.40. The number of ether oxygens (including phenoxy) is 1. The molecule has 1 aromatic heterocycles. The van der Waals surface area contributed by atoms with Crippen LogP contribution >= 0.6 is 31.9 Å². The lowest BCUT2D eigenvalue weighted by Crippen LogP contribution is -1.96. The number of halogens is 2. The summed E-state index contributed by atoms with van der Waals surface area (Å²) in [5, 5.41) is 9.85. The molecule has 0 aliphatic carbocycles. The average molecular weight is 425 g/mol. The molecule has 4 nitrogen and oxygen atoms in total. The van der Waals surface area contributed by atoms with Gasteiger partial charge >= 0.3 is 5.97 Å². The van der Waals surface area contributed by atoms with E-state index in [9.17, 15) is 4.79 Å². The van der Waals surface area contributed by atoms with Gasteiger partial charge in [0.25, 0.3) is 0 Å². The number of aromatic nitrogens is 1. The molecule has 0 bridgehead atoms. The van der Waals surface area contributed by atoms with Crippen LogP contribution in [0.15, 0.2) is 51.4 Å². The lowest BCUT2D eigenvalue weighted by molar-refractivity contribution is 0.0691. The SMILES string of the molecule is O=C(O)c1cc2c(Br)c(OCc3ccccc3)c(Br)cc2[nH]1. The van der Waals surface area contributed by atoms with Crippen LogP contribution in [0, 0.1) is 0 Å². The molecule has 0 saturated heterocycles. The molecule has 0 amide bonds. The van der Waals surface area contributed by atoms with Crippen LogP contribution in [0.2, 0.25) is 0 Å². The van der Waals surface area contributed by atoms with Crippen molar-refractivity contribution in [3.63, 3.8) is 0 Å². The van der Waals surface area contributed by atoms with E-state index in [1.165, 1.54) is 0 Å². The predicted octanol–water partition coefficient (Wildman–Crippen LogP) is 4.97. The van der Waals surface area contributed by atoms with E-state index in [1.807, 2.05) is 36.4 Å². The van der Waals surface area contributed by atoms with Gasteiger partial charge in [-0.25, -0.2) is 4.79 Å². The summed E-state index contributed by atoms with van der Waals surface area (Å²) in [7, 11) is 0. The van der Waals surface area contributed by atoms with Crippen molar-refractivity contribution in [1.82, 2.24) is 4.98 Å². The van der Waals surface area contributed by atoms with Crippen molar-refractivity contribution in [3.05, 3.63) is 62.7 Å². The zero-order valence-corrected chi connectivity index (χ0v) is 14.4. The van der Waals surface area contributed by atoms with Crippen LogP contribution in [0.4, 0.5) is 0 Å². The first-order valence-electron chi connectivity index (χ1n) is 6.47. The number of carboxylic acid groups (broad SMARTS) is 1. The summed E-state index contributed by atoms with van der Waals surface area (Å²) < 4.78 is 7.35. The number of H-pyrrole nitrogens is 1. The summed E-state index contributed by atoms with van der Waals surface area (Å²) in [6.07, 6.45) is 0. The van der Waals surface area contributed by atoms with Crippen LogP contribution in [0.25, 0.3) is 10.9 Å². The molecular formula is C16H11Br2NO3. The molecule has 0 aliphatic heterocycles. The Morgan fingerprint density at radius 3 is 2.59 bits per heavy atom. The summed E-state index contributed by atoms with van der Waals surface area (Å²) in [6, 6.07) is 13.2. The first-order chi connectivity index (χ1) is 10.6. The molecule has 2 N–H and O–H groups in total. The third-order valence-corrected chi connectivity index (χ3v) is 4.60. The third kappa shape index (κ3) is 2.89. The molecule has 112 valence electrons. The van der Waals surface area contributed by atoms with Gasteiger partial charge in [0.05, 0.1) is 8.95 Å². The highest BCUT2D eigenvalue weighted by atomic mass is 79.9. The topological polar surface area (TPSA) is 62.3 Å². The van der Waals surface area contributed by atoms with E-state index >= 15 is 0 Å². The minimum Gasteiger partial charge on any atom is -0.487 e. The summed E-state index contributed by atoms with van der Waals surface area (Å²) in [6.45, 7) is 0.430. The number of fused-ring (bicyclic) bond motifs is 1. The van der Waals surface area contributed by atoms with Gasteiger partial charge in [-0.1, -0.05) is 30.3 Å². The molecule has 0 saturated carbocycles. The van der Waals surface area contributed by atoms with Crippen molar-refractivity contribution < 1.29 is 14.6 Å². The monoisotopic (exact) mass is 423 g/mol. The van der Waals surface area contributed by atoms with Gasteiger partial charge in [0.2, 0.25) is 0 Å². The zero-order valence-electron chi connectivity index (χ0n) is 11.3. The van der Waals surface area contributed by atoms with Crippen molar-refractivity contribution in [3.8, 4) is 5.75 Å². The number of nitrogens with one attached hydrogen (secondary N) is 1. The van der Waals surface area contributed by atoms with Crippen molar-refractivity contribution in [2.45, 2.75) is 6.61 Å². The van der Waals surface area contributed by atoms with E-state index in [2.05, 4.69) is 36.8 Å². The Morgan fingerprint density at radius 1 is 1.18 bits per heavy atom. The summed E-state index contributed by atoms with van der Waals surface area (Å²) >= 11 is 6.97. The first kappa shape index (κ1) is 15.1. The molecule has 1 heterocycles. The molecule has 6 heteroatoms. The number of aromatic carboxylic acids is 1. The Labute approximate surface area is 143 Å². The second-order valence-corrected chi connectivity index (χ2v) is 6.37. The van der Waals surface area contributed by atoms with E-state index in [1.54, 1.807) is 6.07 Å². The zero-order chi connectivity index (χ0) is 15.7. The smallest absolute Gasteiger partial charge is 0.352 e. The maximum atomic E-state index is 11.1. The fourth-order valence-electron chi connectivity index (χ4n) is 2.16. The molecule has 0 spiro atoms. The molecule has 0 aliphatic rings. The van der Waals surface area contributed by atoms with Gasteiger partial charge in [0.1, 0.15) is 18.1 Å². The molecule has 0 atom stereocenters. The van der Waals surface area contributed by atoms with E-state index in [-0.39, 0.29) is 5.69 Å². The second-order valence-electron chi connectivity index (χ2n) is 4.73. The Kier molecular flexibility index (Phi) is 4.22. The molecule has 3 aromatic rings. The minimum atomic E-state index is -0.994. The van der Waals surface area contributed by atoms with E-state index in [0.29, 0.717) is 12.4 Å². The summed E-state index contributed by atoms with van der Waals surface area (Å²) in [5.74, 6) is -0.349. The number of hydrogen-bond donors (Lipinski definition) is 2. The lowest BCUT2D eigenvalue weighted by Gasteiger charge is -2.11. The standard InChI is InChI=1S/C16H11Br2NO3/c17-11-7-12-10(6-13(19-12)16(20)21)14(18)15(11)22-8-9-4-2-1-3-5-9/h1-7,19H,8H2,(H,20,21). The molecule has 22 heavy (non-hydrogen) atoms. The van der Waals surface area contributed by atoms with Crippen LogP contribution < -0.4 is 4.74 Å². The molecule has 0 radical (unpaired) electrons. The number of aromatic amines is 1. The van der Waals surface area contributed by atoms with Gasteiger partial charge in [0.15, 0.2) is 0 Å². The molecular weight excluding hydrogens is 414 g/mol. The van der Waals surface area contributed by atoms with E-state index in [4.69, 9.17) is 9.84 Å². The molecule has 3 rings (SSSR count). The van der Waals surface area contributed by atoms with Gasteiger partial charge in [-0.05, 0) is 49.6 Å². The normalized spacial score (nSPS) is 10.8. The van der Waals surface area contributed by atoms with Gasteiger partial charge in [-0.2, -0.15) is 0 Å². The van der Waals surface area contributed by atoms with Crippen LogP contribution in [0.1, 0.15) is 16.1 Å². The molecule has 2 aromatic carbocycles. The first-order valence-corrected chi connectivity index (χ1v) is 8.05. The summed E-state index contributed by atoms with van der Waals surface area (Å²) in [5.41, 5.74) is 1.92. The van der Waals surface area contributed by atoms with Crippen LogP contribution in [-0.4, -0.2) is 16.1 Å². The van der Waals surface area contributed by atoms with Gasteiger partial charge < -0.3 is 14.8 Å². The van der Waals surface area contributed by atoms with Crippen molar-refractivity contribution in [2.24, 2.45) is 0 Å². The van der Waals surface area contributed by atoms with Crippen LogP contribution in [-0.2, 0) is 6.61 Å². The van der Waals surface area contributed by atoms with E-state index < -0.39 is 5.97 Å². The van der Waals surface area contributed by atoms with Crippen LogP contribution in [0.3, 0.4) is 0 Å². The Morgan fingerprint density at radius 2 is 1.91 bits per heavy atom. The Balaban J connectivity index is 1.97. The average Bonchev–Trinajstić information content (AvgIpc) is 2.92. The highest BCUT2D eigenvalue weighted by molar-refractivity contribution is 9.11. The van der Waals surface area contributed by atoms with Gasteiger partial charge in [-0.15, -0.1) is 0 Å². The molecule has 0 unspecified atom stereocenters. The van der Waals surface area contributed by atoms with Crippen molar-refractivity contribution >= 4 is 48.7 Å². The second kappa shape index (κ2) is 6.14. The predicted molar refractivity (Wildman–Crippen MR) is 91.4 cm³/mol. The number of carbonyl (C=O) groups is 1. The number of benzene rings is 2. The highest BCUT2D eigenvalue weighted by Gasteiger charge is 2.16. The number of carboxylic acids is 1. The van der Waals surface area contributed by atoms with Gasteiger partial charge in [-0.3, -0.25) is 0 Å². The number of hydrogen-bond acceptors (Lipinski definition) is 2. The summed E-state index contributed by atoms with van der Waals surface area (Å²) in [4.78, 5) is 13.9. The van der Waals surface area contributed by atoms with Crippen molar-refractivity contribution in [1.29, 1.82) is 0 Å². The van der Waals surface area contributed by atoms with Crippen LogP contribution in [0.5, 0.6) is 5.75 Å². The maximum Gasteiger partial charge on any atom is 0.352 e. The maximum absolute atomic E-state index is 11.1. The fraction of sp³-hybridized carbons (Fsp3) is 0.0625. The Hall–Kier alpha value is -1.79. The van der Waals surface area contributed by atoms with Gasteiger partial charge in [0, 0.05) is 10.9 Å². The fourth-order valence-corrected chi connectivity index (χ4v) is 3.63. The molecule has 0 fully saturated rings.